The van der Waals surface area contributed by atoms with Gasteiger partial charge in [0.2, 0.25) is 0 Å². The van der Waals surface area contributed by atoms with Gasteiger partial charge in [-0.1, -0.05) is 31.2 Å². The third-order valence-corrected chi connectivity index (χ3v) is 2.97. The minimum atomic E-state index is 1.03. The maximum atomic E-state index is 4.18. The van der Waals surface area contributed by atoms with Gasteiger partial charge in [0.15, 0.2) is 0 Å². The van der Waals surface area contributed by atoms with Crippen molar-refractivity contribution in [3.05, 3.63) is 60.8 Å². The van der Waals surface area contributed by atoms with E-state index in [1.54, 1.807) is 0 Å². The molecule has 0 fully saturated rings. The summed E-state index contributed by atoms with van der Waals surface area (Å²) in [6.07, 6.45) is 6.70. The third-order valence-electron chi connectivity index (χ3n) is 2.97. The molecule has 0 saturated heterocycles. The molecule has 0 N–H and O–H groups in total. The van der Waals surface area contributed by atoms with E-state index in [-0.39, 0.29) is 0 Å². The van der Waals surface area contributed by atoms with Crippen molar-refractivity contribution >= 4 is 10.9 Å². The molecule has 0 bridgehead atoms. The second kappa shape index (κ2) is 6.69. The van der Waals surface area contributed by atoms with E-state index in [4.69, 9.17) is 0 Å². The molecule has 3 rings (SSSR count). The molecule has 0 aliphatic heterocycles. The van der Waals surface area contributed by atoms with E-state index < -0.39 is 0 Å². The topological polar surface area (TPSA) is 30.7 Å². The maximum Gasteiger partial charge on any atom is 0.108 e. The number of para-hydroxylation sites is 1. The molecular formula is C16H19N3. The zero-order chi connectivity index (χ0) is 13.5. The lowest BCUT2D eigenvalue weighted by Gasteiger charge is -1.98. The Morgan fingerprint density at radius 2 is 1.74 bits per heavy atom. The third kappa shape index (κ3) is 3.41. The molecule has 0 radical (unpaired) electrons. The van der Waals surface area contributed by atoms with E-state index in [1.807, 2.05) is 42.9 Å². The quantitative estimate of drug-likeness (QED) is 0.697. The number of benzene rings is 1. The fourth-order valence-electron chi connectivity index (χ4n) is 1.96. The second-order valence-electron chi connectivity index (χ2n) is 4.18. The van der Waals surface area contributed by atoms with Gasteiger partial charge in [-0.25, -0.2) is 4.98 Å². The number of hydrogen-bond donors (Lipinski definition) is 0. The predicted molar refractivity (Wildman–Crippen MR) is 79.0 cm³/mol. The first-order valence-corrected chi connectivity index (χ1v) is 6.65. The summed E-state index contributed by atoms with van der Waals surface area (Å²) in [5.74, 6) is 1.18. The average molecular weight is 253 g/mol. The Morgan fingerprint density at radius 3 is 2.42 bits per heavy atom. The van der Waals surface area contributed by atoms with Gasteiger partial charge >= 0.3 is 0 Å². The van der Waals surface area contributed by atoms with E-state index in [1.165, 1.54) is 11.2 Å². The van der Waals surface area contributed by atoms with Crippen molar-refractivity contribution in [2.24, 2.45) is 0 Å². The van der Waals surface area contributed by atoms with Crippen LogP contribution in [0.1, 0.15) is 19.7 Å². The highest BCUT2D eigenvalue weighted by Gasteiger charge is 1.94. The average Bonchev–Trinajstić information content (AvgIpc) is 2.95. The zero-order valence-corrected chi connectivity index (χ0v) is 11.5. The molecule has 0 aliphatic rings. The Balaban J connectivity index is 0.000000141. The highest BCUT2D eigenvalue weighted by atomic mass is 15.0. The Kier molecular flexibility index (Phi) is 4.67. The van der Waals surface area contributed by atoms with Crippen LogP contribution in [0.3, 0.4) is 0 Å². The van der Waals surface area contributed by atoms with E-state index in [0.29, 0.717) is 0 Å². The van der Waals surface area contributed by atoms with Gasteiger partial charge in [-0.05, 0) is 19.1 Å². The lowest BCUT2D eigenvalue weighted by Crippen LogP contribution is -1.98. The van der Waals surface area contributed by atoms with Crippen LogP contribution in [-0.2, 0) is 13.0 Å². The summed E-state index contributed by atoms with van der Waals surface area (Å²) < 4.78 is 2.15. The Bertz CT molecular complexity index is 544. The van der Waals surface area contributed by atoms with Crippen LogP contribution in [0, 0.1) is 0 Å². The molecule has 0 spiro atoms. The van der Waals surface area contributed by atoms with Crippen molar-refractivity contribution in [3.8, 4) is 0 Å². The van der Waals surface area contributed by atoms with Crippen LogP contribution in [0.4, 0.5) is 0 Å². The lowest BCUT2D eigenvalue weighted by molar-refractivity contribution is 0.705. The van der Waals surface area contributed by atoms with Gasteiger partial charge in [-0.2, -0.15) is 0 Å². The van der Waals surface area contributed by atoms with Crippen LogP contribution >= 0.6 is 0 Å². The molecule has 2 heterocycles. The van der Waals surface area contributed by atoms with Crippen molar-refractivity contribution in [3.63, 3.8) is 0 Å². The Labute approximate surface area is 113 Å². The second-order valence-corrected chi connectivity index (χ2v) is 4.18. The van der Waals surface area contributed by atoms with Gasteiger partial charge in [0.25, 0.3) is 0 Å². The summed E-state index contributed by atoms with van der Waals surface area (Å²) in [4.78, 5) is 8.35. The minimum absolute atomic E-state index is 1.03. The molecule has 0 unspecified atom stereocenters. The van der Waals surface area contributed by atoms with Gasteiger partial charge in [0.1, 0.15) is 5.82 Å². The normalized spacial score (nSPS) is 10.0. The SMILES string of the molecule is CCc1nccn1CC.c1ccc2ncccc2c1. The lowest BCUT2D eigenvalue weighted by atomic mass is 10.2. The predicted octanol–water partition coefficient (Wildman–Crippen LogP) is 3.70. The zero-order valence-electron chi connectivity index (χ0n) is 11.5. The van der Waals surface area contributed by atoms with Crippen molar-refractivity contribution in [2.75, 3.05) is 0 Å². The number of nitrogens with zero attached hydrogens (tertiary/aromatic N) is 3. The smallest absolute Gasteiger partial charge is 0.108 e. The number of hydrogen-bond acceptors (Lipinski definition) is 2. The highest BCUT2D eigenvalue weighted by Crippen LogP contribution is 2.07. The molecular weight excluding hydrogens is 234 g/mol. The fraction of sp³-hybridized carbons (Fsp3) is 0.250. The van der Waals surface area contributed by atoms with Gasteiger partial charge < -0.3 is 4.57 Å². The first kappa shape index (κ1) is 13.3. The number of aromatic nitrogens is 3. The number of fused-ring (bicyclic) bond motifs is 1. The van der Waals surface area contributed by atoms with E-state index in [9.17, 15) is 0 Å². The molecule has 1 aromatic carbocycles. The van der Waals surface area contributed by atoms with E-state index in [2.05, 4.69) is 40.5 Å². The van der Waals surface area contributed by atoms with Gasteiger partial charge in [0.05, 0.1) is 5.52 Å². The molecule has 3 aromatic rings. The first-order chi connectivity index (χ1) is 9.35. The van der Waals surface area contributed by atoms with Crippen molar-refractivity contribution in [2.45, 2.75) is 26.8 Å². The minimum Gasteiger partial charge on any atom is -0.335 e. The summed E-state index contributed by atoms with van der Waals surface area (Å²) >= 11 is 0. The van der Waals surface area contributed by atoms with Crippen LogP contribution < -0.4 is 0 Å². The van der Waals surface area contributed by atoms with Crippen LogP contribution in [0.25, 0.3) is 10.9 Å². The molecule has 98 valence electrons. The molecule has 0 amide bonds. The number of pyridine rings is 1. The van der Waals surface area contributed by atoms with Crippen LogP contribution in [0.2, 0.25) is 0 Å². The summed E-state index contributed by atoms with van der Waals surface area (Å²) in [6.45, 7) is 5.28. The number of aryl methyl sites for hydroxylation is 2. The molecule has 0 atom stereocenters. The number of imidazole rings is 1. The van der Waals surface area contributed by atoms with Gasteiger partial charge in [-0.3, -0.25) is 4.98 Å². The molecule has 3 heteroatoms. The van der Waals surface area contributed by atoms with Crippen LogP contribution in [-0.4, -0.2) is 14.5 Å². The van der Waals surface area contributed by atoms with Gasteiger partial charge in [-0.15, -0.1) is 0 Å². The highest BCUT2D eigenvalue weighted by molar-refractivity contribution is 5.77. The largest absolute Gasteiger partial charge is 0.335 e. The maximum absolute atomic E-state index is 4.18. The fourth-order valence-corrected chi connectivity index (χ4v) is 1.96. The van der Waals surface area contributed by atoms with E-state index in [0.717, 1.165) is 18.5 Å². The summed E-state index contributed by atoms with van der Waals surface area (Å²) in [6, 6.07) is 12.1. The van der Waals surface area contributed by atoms with Crippen molar-refractivity contribution in [1.82, 2.24) is 14.5 Å². The molecule has 0 saturated carbocycles. The van der Waals surface area contributed by atoms with Crippen LogP contribution in [0.15, 0.2) is 55.0 Å². The van der Waals surface area contributed by atoms with Gasteiger partial charge in [0, 0.05) is 36.9 Å². The summed E-state index contributed by atoms with van der Waals surface area (Å²) in [5, 5.41) is 1.20. The Morgan fingerprint density at radius 1 is 0.947 bits per heavy atom. The monoisotopic (exact) mass is 253 g/mol. The Hall–Kier alpha value is -2.16. The van der Waals surface area contributed by atoms with Crippen molar-refractivity contribution in [1.29, 1.82) is 0 Å². The molecule has 19 heavy (non-hydrogen) atoms. The molecule has 2 aromatic heterocycles. The summed E-state index contributed by atoms with van der Waals surface area (Å²) in [5.41, 5.74) is 1.06. The summed E-state index contributed by atoms with van der Waals surface area (Å²) in [7, 11) is 0. The van der Waals surface area contributed by atoms with Crippen LogP contribution in [0.5, 0.6) is 0 Å². The van der Waals surface area contributed by atoms with Crippen molar-refractivity contribution < 1.29 is 0 Å². The molecule has 0 aliphatic carbocycles. The first-order valence-electron chi connectivity index (χ1n) is 6.65. The number of rotatable bonds is 2. The molecule has 3 nitrogen and oxygen atoms in total. The standard InChI is InChI=1S/C9H7N.C7H12N2/c1-2-6-9-8(4-1)5-3-7-10-9;1-3-7-8-5-6-9(7)4-2/h1-7H;5-6H,3-4H2,1-2H3. The van der Waals surface area contributed by atoms with E-state index >= 15 is 0 Å².